The van der Waals surface area contributed by atoms with E-state index in [1.54, 1.807) is 6.07 Å². The van der Waals surface area contributed by atoms with Gasteiger partial charge in [-0.2, -0.15) is 0 Å². The molecule has 1 aliphatic rings. The minimum atomic E-state index is -0.143. The van der Waals surface area contributed by atoms with Crippen LogP contribution in [0.25, 0.3) is 0 Å². The molecule has 2 nitrogen and oxygen atoms in total. The molecule has 1 fully saturated rings. The molecule has 1 aromatic rings. The molecule has 0 saturated heterocycles. The molecule has 1 aliphatic carbocycles. The molecular formula is C14H16Cl2O2. The zero-order chi connectivity index (χ0) is 13.1. The maximum absolute atomic E-state index is 11.8. The Morgan fingerprint density at radius 3 is 2.72 bits per heavy atom. The summed E-state index contributed by atoms with van der Waals surface area (Å²) in [5.41, 5.74) is 0.972. The van der Waals surface area contributed by atoms with Crippen molar-refractivity contribution < 1.29 is 9.53 Å². The van der Waals surface area contributed by atoms with Crippen molar-refractivity contribution in [2.45, 2.75) is 31.6 Å². The second-order valence-corrected chi connectivity index (χ2v) is 5.45. The van der Waals surface area contributed by atoms with E-state index in [4.69, 9.17) is 27.9 Å². The maximum atomic E-state index is 11.8. The Kier molecular flexibility index (Phi) is 4.52. The fraction of sp³-hybridized carbons (Fsp3) is 0.500. The van der Waals surface area contributed by atoms with Gasteiger partial charge in [-0.3, -0.25) is 4.79 Å². The molecule has 4 heteroatoms. The van der Waals surface area contributed by atoms with Crippen LogP contribution in [0.2, 0.25) is 10.0 Å². The minimum absolute atomic E-state index is 0.0975. The van der Waals surface area contributed by atoms with Crippen LogP contribution in [0.1, 0.15) is 37.2 Å². The predicted octanol–water partition coefficient (Wildman–Crippen LogP) is 4.44. The molecule has 18 heavy (non-hydrogen) atoms. The zero-order valence-corrected chi connectivity index (χ0v) is 11.8. The Morgan fingerprint density at radius 2 is 2.00 bits per heavy atom. The Hall–Kier alpha value is -0.730. The highest BCUT2D eigenvalue weighted by atomic mass is 35.5. The first-order valence-corrected chi connectivity index (χ1v) is 6.92. The molecule has 1 aromatic carbocycles. The Labute approximate surface area is 117 Å². The lowest BCUT2D eigenvalue weighted by atomic mass is 9.75. The van der Waals surface area contributed by atoms with Gasteiger partial charge in [-0.25, -0.2) is 0 Å². The summed E-state index contributed by atoms with van der Waals surface area (Å²) in [4.78, 5) is 11.8. The highest BCUT2D eigenvalue weighted by Gasteiger charge is 2.34. The number of esters is 1. The predicted molar refractivity (Wildman–Crippen MR) is 73.2 cm³/mol. The van der Waals surface area contributed by atoms with Gasteiger partial charge in [0.2, 0.25) is 0 Å². The number of benzene rings is 1. The first-order valence-electron chi connectivity index (χ1n) is 6.17. The number of methoxy groups -OCH3 is 1. The Balaban J connectivity index is 2.34. The molecule has 0 amide bonds. The van der Waals surface area contributed by atoms with Crippen molar-refractivity contribution in [2.24, 2.45) is 5.92 Å². The van der Waals surface area contributed by atoms with Crippen LogP contribution in [-0.2, 0) is 9.53 Å². The van der Waals surface area contributed by atoms with Gasteiger partial charge < -0.3 is 4.74 Å². The van der Waals surface area contributed by atoms with Crippen molar-refractivity contribution in [1.82, 2.24) is 0 Å². The fourth-order valence-corrected chi connectivity index (χ4v) is 3.19. The second kappa shape index (κ2) is 5.94. The van der Waals surface area contributed by atoms with Crippen molar-refractivity contribution in [3.63, 3.8) is 0 Å². The first-order chi connectivity index (χ1) is 8.65. The standard InChI is InChI=1S/C14H16Cl2O2/c1-18-14(17)11-6-3-2-5-9(11)10-7-4-8-12(15)13(10)16/h4,7-9,11H,2-3,5-6H2,1H3. The van der Waals surface area contributed by atoms with Gasteiger partial charge in [0.1, 0.15) is 0 Å². The van der Waals surface area contributed by atoms with Crippen molar-refractivity contribution in [3.8, 4) is 0 Å². The van der Waals surface area contributed by atoms with Crippen LogP contribution in [-0.4, -0.2) is 13.1 Å². The van der Waals surface area contributed by atoms with Gasteiger partial charge in [0.15, 0.2) is 0 Å². The highest BCUT2D eigenvalue weighted by molar-refractivity contribution is 6.42. The van der Waals surface area contributed by atoms with E-state index in [0.29, 0.717) is 10.0 Å². The summed E-state index contributed by atoms with van der Waals surface area (Å²) >= 11 is 12.3. The molecule has 2 atom stereocenters. The van der Waals surface area contributed by atoms with E-state index < -0.39 is 0 Å². The first kappa shape index (κ1) is 13.7. The molecule has 0 bridgehead atoms. The van der Waals surface area contributed by atoms with Crippen molar-refractivity contribution >= 4 is 29.2 Å². The van der Waals surface area contributed by atoms with Crippen LogP contribution in [0.4, 0.5) is 0 Å². The van der Waals surface area contributed by atoms with Gasteiger partial charge in [0.25, 0.3) is 0 Å². The fourth-order valence-electron chi connectivity index (χ4n) is 2.74. The van der Waals surface area contributed by atoms with Gasteiger partial charge in [0, 0.05) is 0 Å². The summed E-state index contributed by atoms with van der Waals surface area (Å²) in [5.74, 6) is -0.118. The average molecular weight is 287 g/mol. The van der Waals surface area contributed by atoms with E-state index in [2.05, 4.69) is 0 Å². The van der Waals surface area contributed by atoms with Gasteiger partial charge in [0.05, 0.1) is 23.1 Å². The summed E-state index contributed by atoms with van der Waals surface area (Å²) in [6.07, 6.45) is 4.00. The molecule has 0 N–H and O–H groups in total. The van der Waals surface area contributed by atoms with E-state index in [9.17, 15) is 4.79 Å². The molecule has 0 aromatic heterocycles. The maximum Gasteiger partial charge on any atom is 0.309 e. The third-order valence-electron chi connectivity index (χ3n) is 3.65. The lowest BCUT2D eigenvalue weighted by Gasteiger charge is -2.30. The van der Waals surface area contributed by atoms with Crippen molar-refractivity contribution in [1.29, 1.82) is 0 Å². The van der Waals surface area contributed by atoms with E-state index in [1.165, 1.54) is 7.11 Å². The third kappa shape index (κ3) is 2.65. The number of carbonyl (C=O) groups excluding carboxylic acids is 1. The molecule has 2 unspecified atom stereocenters. The van der Waals surface area contributed by atoms with Crippen LogP contribution in [0.5, 0.6) is 0 Å². The van der Waals surface area contributed by atoms with E-state index >= 15 is 0 Å². The minimum Gasteiger partial charge on any atom is -0.469 e. The summed E-state index contributed by atoms with van der Waals surface area (Å²) in [6, 6.07) is 5.61. The molecule has 0 radical (unpaired) electrons. The van der Waals surface area contributed by atoms with E-state index in [0.717, 1.165) is 31.2 Å². The summed E-state index contributed by atoms with van der Waals surface area (Å²) in [5, 5.41) is 1.11. The number of hydrogen-bond acceptors (Lipinski definition) is 2. The molecule has 98 valence electrons. The topological polar surface area (TPSA) is 26.3 Å². The number of halogens is 2. The van der Waals surface area contributed by atoms with Crippen LogP contribution in [0.15, 0.2) is 18.2 Å². The van der Waals surface area contributed by atoms with Crippen LogP contribution in [0.3, 0.4) is 0 Å². The van der Waals surface area contributed by atoms with Crippen LogP contribution < -0.4 is 0 Å². The molecule has 0 heterocycles. The van der Waals surface area contributed by atoms with Crippen molar-refractivity contribution in [2.75, 3.05) is 7.11 Å². The lowest BCUT2D eigenvalue weighted by Crippen LogP contribution is -2.27. The van der Waals surface area contributed by atoms with Gasteiger partial charge in [-0.1, -0.05) is 48.2 Å². The third-order valence-corrected chi connectivity index (χ3v) is 4.48. The summed E-state index contributed by atoms with van der Waals surface area (Å²) < 4.78 is 4.90. The average Bonchev–Trinajstić information content (AvgIpc) is 2.41. The number of carbonyl (C=O) groups is 1. The number of ether oxygens (including phenoxy) is 1. The van der Waals surface area contributed by atoms with Gasteiger partial charge >= 0.3 is 5.97 Å². The van der Waals surface area contributed by atoms with Crippen LogP contribution in [0, 0.1) is 5.92 Å². The Morgan fingerprint density at radius 1 is 1.28 bits per heavy atom. The van der Waals surface area contributed by atoms with Gasteiger partial charge in [-0.05, 0) is 30.4 Å². The molecular weight excluding hydrogens is 271 g/mol. The van der Waals surface area contributed by atoms with Crippen LogP contribution >= 0.6 is 23.2 Å². The normalized spacial score (nSPS) is 23.7. The second-order valence-electron chi connectivity index (χ2n) is 4.66. The van der Waals surface area contributed by atoms with Gasteiger partial charge in [-0.15, -0.1) is 0 Å². The largest absolute Gasteiger partial charge is 0.469 e. The SMILES string of the molecule is COC(=O)C1CCCCC1c1cccc(Cl)c1Cl. The zero-order valence-electron chi connectivity index (χ0n) is 10.3. The molecule has 0 aliphatic heterocycles. The Bertz CT molecular complexity index is 445. The molecule has 0 spiro atoms. The molecule has 1 saturated carbocycles. The summed E-state index contributed by atoms with van der Waals surface area (Å²) in [6.45, 7) is 0. The molecule has 2 rings (SSSR count). The summed E-state index contributed by atoms with van der Waals surface area (Å²) in [7, 11) is 1.44. The highest BCUT2D eigenvalue weighted by Crippen LogP contribution is 2.42. The number of rotatable bonds is 2. The lowest BCUT2D eigenvalue weighted by molar-refractivity contribution is -0.147. The van der Waals surface area contributed by atoms with E-state index in [-0.39, 0.29) is 17.8 Å². The smallest absolute Gasteiger partial charge is 0.309 e. The number of hydrogen-bond donors (Lipinski definition) is 0. The van der Waals surface area contributed by atoms with Crippen molar-refractivity contribution in [3.05, 3.63) is 33.8 Å². The van der Waals surface area contributed by atoms with E-state index in [1.807, 2.05) is 12.1 Å². The quantitative estimate of drug-likeness (QED) is 0.752. The monoisotopic (exact) mass is 286 g/mol.